The predicted molar refractivity (Wildman–Crippen MR) is 220 cm³/mol. The molecule has 51 heavy (non-hydrogen) atoms. The molecule has 0 amide bonds. The standard InChI is InChI=1S/C46H25N3S2/c1-2-12-26(13-3-1)41-32-18-8-10-20-38(32)47-46(48-41)49-39-25-36-30-17-7-5-15-28(30)27-14-4-6-16-29(27)35(36)24-37(39)31-22-23-34-43(42(31)49)51-44-33-19-9-11-21-40(33)50-45(34)44/h1-25H. The Labute approximate surface area is 299 Å². The molecule has 0 fully saturated rings. The number of aromatic nitrogens is 3. The van der Waals surface area contributed by atoms with E-state index in [9.17, 15) is 0 Å². The molecule has 0 aliphatic heterocycles. The maximum Gasteiger partial charge on any atom is 0.235 e. The second-order valence-electron chi connectivity index (χ2n) is 13.3. The molecular weight excluding hydrogens is 659 g/mol. The summed E-state index contributed by atoms with van der Waals surface area (Å²) < 4.78 is 7.66. The summed E-state index contributed by atoms with van der Waals surface area (Å²) in [4.78, 5) is 10.8. The fraction of sp³-hybridized carbons (Fsp3) is 0. The molecule has 0 spiro atoms. The van der Waals surface area contributed by atoms with Gasteiger partial charge in [-0.25, -0.2) is 9.97 Å². The van der Waals surface area contributed by atoms with E-state index in [1.807, 2.05) is 22.7 Å². The quantitative estimate of drug-likeness (QED) is 0.170. The van der Waals surface area contributed by atoms with Crippen molar-refractivity contribution in [2.75, 3.05) is 0 Å². The molecule has 4 heterocycles. The zero-order chi connectivity index (χ0) is 33.2. The highest BCUT2D eigenvalue weighted by Crippen LogP contribution is 2.49. The van der Waals surface area contributed by atoms with Gasteiger partial charge in [-0.1, -0.05) is 127 Å². The highest BCUT2D eigenvalue weighted by Gasteiger charge is 2.23. The van der Waals surface area contributed by atoms with Crippen molar-refractivity contribution >= 4 is 117 Å². The first-order chi connectivity index (χ1) is 25.3. The van der Waals surface area contributed by atoms with Crippen LogP contribution in [0.15, 0.2) is 152 Å². The Hall–Kier alpha value is -6.14. The van der Waals surface area contributed by atoms with E-state index in [2.05, 4.69) is 156 Å². The van der Waals surface area contributed by atoms with Crippen molar-refractivity contribution in [1.29, 1.82) is 0 Å². The van der Waals surface area contributed by atoms with Gasteiger partial charge in [0.25, 0.3) is 0 Å². The number of thiophene rings is 2. The number of para-hydroxylation sites is 1. The van der Waals surface area contributed by atoms with Crippen LogP contribution < -0.4 is 0 Å². The van der Waals surface area contributed by atoms with Crippen LogP contribution in [0.1, 0.15) is 0 Å². The van der Waals surface area contributed by atoms with E-state index in [1.54, 1.807) is 0 Å². The Morgan fingerprint density at radius 1 is 0.392 bits per heavy atom. The zero-order valence-corrected chi connectivity index (χ0v) is 28.7. The summed E-state index contributed by atoms with van der Waals surface area (Å²) in [6.07, 6.45) is 0. The minimum atomic E-state index is 0.686. The lowest BCUT2D eigenvalue weighted by molar-refractivity contribution is 1.02. The van der Waals surface area contributed by atoms with Crippen LogP contribution >= 0.6 is 22.7 Å². The summed E-state index contributed by atoms with van der Waals surface area (Å²) in [7, 11) is 0. The van der Waals surface area contributed by atoms with Gasteiger partial charge < -0.3 is 0 Å². The van der Waals surface area contributed by atoms with Crippen molar-refractivity contribution in [3.8, 4) is 17.2 Å². The Balaban J connectivity index is 1.31. The van der Waals surface area contributed by atoms with Gasteiger partial charge in [0.1, 0.15) is 0 Å². The maximum absolute atomic E-state index is 5.46. The molecule has 8 aromatic carbocycles. The van der Waals surface area contributed by atoms with Crippen LogP contribution in [0.5, 0.6) is 0 Å². The molecule has 0 saturated carbocycles. The first kappa shape index (κ1) is 27.7. The molecule has 4 aromatic heterocycles. The Morgan fingerprint density at radius 3 is 1.75 bits per heavy atom. The molecule has 236 valence electrons. The van der Waals surface area contributed by atoms with E-state index in [-0.39, 0.29) is 0 Å². The van der Waals surface area contributed by atoms with Crippen molar-refractivity contribution in [2.24, 2.45) is 0 Å². The van der Waals surface area contributed by atoms with Crippen LogP contribution in [0.2, 0.25) is 0 Å². The first-order valence-electron chi connectivity index (χ1n) is 17.2. The van der Waals surface area contributed by atoms with E-state index < -0.39 is 0 Å². The number of fused-ring (bicyclic) bond motifs is 16. The van der Waals surface area contributed by atoms with Crippen LogP contribution in [0.4, 0.5) is 0 Å². The zero-order valence-electron chi connectivity index (χ0n) is 27.1. The van der Waals surface area contributed by atoms with Crippen molar-refractivity contribution in [3.63, 3.8) is 0 Å². The predicted octanol–water partition coefficient (Wildman–Crippen LogP) is 13.4. The van der Waals surface area contributed by atoms with Crippen molar-refractivity contribution < 1.29 is 0 Å². The minimum absolute atomic E-state index is 0.686. The van der Waals surface area contributed by atoms with E-state index >= 15 is 0 Å². The second kappa shape index (κ2) is 10.2. The van der Waals surface area contributed by atoms with Gasteiger partial charge in [0.05, 0.1) is 36.3 Å². The molecule has 0 saturated heterocycles. The van der Waals surface area contributed by atoms with Crippen molar-refractivity contribution in [3.05, 3.63) is 152 Å². The number of benzene rings is 8. The summed E-state index contributed by atoms with van der Waals surface area (Å²) in [6.45, 7) is 0. The van der Waals surface area contributed by atoms with Gasteiger partial charge in [0.2, 0.25) is 5.95 Å². The van der Waals surface area contributed by atoms with Crippen LogP contribution in [0, 0.1) is 0 Å². The molecule has 0 aliphatic rings. The number of nitrogens with zero attached hydrogens (tertiary/aromatic N) is 3. The van der Waals surface area contributed by atoms with E-state index in [1.165, 1.54) is 72.7 Å². The molecule has 0 radical (unpaired) electrons. The summed E-state index contributed by atoms with van der Waals surface area (Å²) >= 11 is 3.79. The average molecular weight is 684 g/mol. The smallest absolute Gasteiger partial charge is 0.235 e. The lowest BCUT2D eigenvalue weighted by atomic mass is 9.93. The number of hydrogen-bond acceptors (Lipinski definition) is 4. The van der Waals surface area contributed by atoms with Crippen LogP contribution in [-0.2, 0) is 0 Å². The SMILES string of the molecule is c1ccc(-c2nc(-n3c4cc5c6ccccc6c6ccccc6c5cc4c4ccc5c6sc7ccccc7c6sc5c43)nc3ccccc23)cc1. The van der Waals surface area contributed by atoms with Gasteiger partial charge in [0.15, 0.2) is 0 Å². The van der Waals surface area contributed by atoms with Crippen molar-refractivity contribution in [1.82, 2.24) is 14.5 Å². The molecule has 0 bridgehead atoms. The molecule has 5 heteroatoms. The van der Waals surface area contributed by atoms with Crippen molar-refractivity contribution in [2.45, 2.75) is 0 Å². The van der Waals surface area contributed by atoms with Gasteiger partial charge in [0, 0.05) is 37.2 Å². The first-order valence-corrected chi connectivity index (χ1v) is 18.8. The Morgan fingerprint density at radius 2 is 0.980 bits per heavy atom. The third-order valence-corrected chi connectivity index (χ3v) is 13.2. The second-order valence-corrected chi connectivity index (χ2v) is 15.4. The molecule has 0 unspecified atom stereocenters. The van der Waals surface area contributed by atoms with Crippen LogP contribution in [0.3, 0.4) is 0 Å². The largest absolute Gasteiger partial charge is 0.276 e. The van der Waals surface area contributed by atoms with Gasteiger partial charge in [-0.3, -0.25) is 4.57 Å². The monoisotopic (exact) mass is 683 g/mol. The summed E-state index contributed by atoms with van der Waals surface area (Å²) in [6, 6.07) is 54.8. The molecule has 0 aliphatic carbocycles. The molecule has 12 rings (SSSR count). The number of hydrogen-bond donors (Lipinski definition) is 0. The highest BCUT2D eigenvalue weighted by molar-refractivity contribution is 7.37. The molecule has 12 aromatic rings. The topological polar surface area (TPSA) is 30.7 Å². The lowest BCUT2D eigenvalue weighted by Gasteiger charge is -2.13. The third kappa shape index (κ3) is 3.77. The average Bonchev–Trinajstić information content (AvgIpc) is 3.85. The maximum atomic E-state index is 5.46. The summed E-state index contributed by atoms with van der Waals surface area (Å²) in [5, 5.41) is 13.7. The lowest BCUT2D eigenvalue weighted by Crippen LogP contribution is -2.03. The normalized spacial score (nSPS) is 12.3. The summed E-state index contributed by atoms with van der Waals surface area (Å²) in [5.41, 5.74) is 5.22. The van der Waals surface area contributed by atoms with Gasteiger partial charge in [-0.05, 0) is 56.6 Å². The third-order valence-electron chi connectivity index (χ3n) is 10.6. The van der Waals surface area contributed by atoms with Gasteiger partial charge in [-0.2, -0.15) is 0 Å². The minimum Gasteiger partial charge on any atom is -0.276 e. The number of rotatable bonds is 2. The molecular formula is C46H25N3S2. The fourth-order valence-electron chi connectivity index (χ4n) is 8.34. The molecule has 3 nitrogen and oxygen atoms in total. The highest BCUT2D eigenvalue weighted by atomic mass is 32.1. The van der Waals surface area contributed by atoms with Crippen LogP contribution in [0.25, 0.3) is 112 Å². The Bertz CT molecular complexity index is 3420. The van der Waals surface area contributed by atoms with Gasteiger partial charge in [-0.15, -0.1) is 22.7 Å². The molecule has 0 N–H and O–H groups in total. The van der Waals surface area contributed by atoms with E-state index in [0.29, 0.717) is 5.95 Å². The molecule has 0 atom stereocenters. The van der Waals surface area contributed by atoms with Gasteiger partial charge >= 0.3 is 0 Å². The fourth-order valence-corrected chi connectivity index (χ4v) is 11.1. The van der Waals surface area contributed by atoms with Crippen LogP contribution in [-0.4, -0.2) is 14.5 Å². The van der Waals surface area contributed by atoms with E-state index in [0.717, 1.165) is 33.2 Å². The van der Waals surface area contributed by atoms with E-state index in [4.69, 9.17) is 9.97 Å². The summed E-state index contributed by atoms with van der Waals surface area (Å²) in [5.74, 6) is 0.686. The Kier molecular flexibility index (Phi) is 5.53.